The molecular formula is C19H23N3O3S. The zero-order chi connectivity index (χ0) is 18.5. The Morgan fingerprint density at radius 1 is 1.31 bits per heavy atom. The Labute approximate surface area is 156 Å². The molecule has 1 fully saturated rings. The van der Waals surface area contributed by atoms with E-state index in [4.69, 9.17) is 5.11 Å². The average Bonchev–Trinajstić information content (AvgIpc) is 3.05. The normalized spacial score (nSPS) is 19.2. The molecule has 1 amide bonds. The lowest BCUT2D eigenvalue weighted by atomic mass is 9.85. The number of nitrogens with zero attached hydrogens (tertiary/aromatic N) is 2. The van der Waals surface area contributed by atoms with Crippen molar-refractivity contribution < 1.29 is 14.7 Å². The highest BCUT2D eigenvalue weighted by Crippen LogP contribution is 2.26. The van der Waals surface area contributed by atoms with E-state index in [9.17, 15) is 9.59 Å². The number of hydrogen-bond acceptors (Lipinski definition) is 5. The summed E-state index contributed by atoms with van der Waals surface area (Å²) in [4.78, 5) is 29.6. The maximum Gasteiger partial charge on any atom is 0.317 e. The van der Waals surface area contributed by atoms with E-state index in [1.807, 2.05) is 47.5 Å². The smallest absolute Gasteiger partial charge is 0.317 e. The Balaban J connectivity index is 1.46. The highest BCUT2D eigenvalue weighted by atomic mass is 32.1. The maximum atomic E-state index is 12.2. The van der Waals surface area contributed by atoms with Gasteiger partial charge in [0.2, 0.25) is 5.91 Å². The van der Waals surface area contributed by atoms with E-state index in [0.717, 1.165) is 29.1 Å². The number of likely N-dealkylation sites (N-methyl/N-ethyl adjacent to an activating group) is 1. The van der Waals surface area contributed by atoms with Crippen LogP contribution in [0.1, 0.15) is 25.5 Å². The van der Waals surface area contributed by atoms with Gasteiger partial charge in [0.25, 0.3) is 0 Å². The van der Waals surface area contributed by atoms with Gasteiger partial charge < -0.3 is 10.4 Å². The number of carboxylic acids is 1. The second-order valence-electron chi connectivity index (χ2n) is 6.53. The molecule has 1 aliphatic rings. The van der Waals surface area contributed by atoms with Crippen molar-refractivity contribution in [1.29, 1.82) is 0 Å². The van der Waals surface area contributed by atoms with E-state index in [0.29, 0.717) is 6.54 Å². The van der Waals surface area contributed by atoms with E-state index in [2.05, 4.69) is 10.3 Å². The van der Waals surface area contributed by atoms with Gasteiger partial charge in [-0.2, -0.15) is 0 Å². The number of hydrogen-bond donors (Lipinski definition) is 2. The maximum absolute atomic E-state index is 12.2. The topological polar surface area (TPSA) is 82.5 Å². The Morgan fingerprint density at radius 2 is 2.04 bits per heavy atom. The third kappa shape index (κ3) is 4.68. The Morgan fingerprint density at radius 3 is 2.69 bits per heavy atom. The number of carbonyl (C=O) groups is 2. The first-order valence-corrected chi connectivity index (χ1v) is 9.68. The summed E-state index contributed by atoms with van der Waals surface area (Å²) in [7, 11) is 0. The number of amides is 1. The standard InChI is InChI=1S/C19H23N3O3S/c1-2-22(11-18(24)25)16-8-14(9-16)20-17(23)10-15-12-26-19(21-15)13-6-4-3-5-7-13/h3-7,12,14,16H,2,8-11H2,1H3,(H,20,23)(H,24,25). The van der Waals surface area contributed by atoms with Crippen LogP contribution in [0.2, 0.25) is 0 Å². The molecule has 26 heavy (non-hydrogen) atoms. The number of thiazole rings is 1. The summed E-state index contributed by atoms with van der Waals surface area (Å²) >= 11 is 1.54. The van der Waals surface area contributed by atoms with Crippen LogP contribution >= 0.6 is 11.3 Å². The van der Waals surface area contributed by atoms with Crippen LogP contribution in [-0.4, -0.2) is 52.0 Å². The summed E-state index contributed by atoms with van der Waals surface area (Å²) in [6.45, 7) is 2.73. The molecule has 0 atom stereocenters. The van der Waals surface area contributed by atoms with Crippen molar-refractivity contribution in [3.05, 3.63) is 41.4 Å². The van der Waals surface area contributed by atoms with Gasteiger partial charge in [0.15, 0.2) is 0 Å². The minimum Gasteiger partial charge on any atom is -0.480 e. The molecule has 2 N–H and O–H groups in total. The Hall–Kier alpha value is -2.25. The van der Waals surface area contributed by atoms with Crippen LogP contribution in [0.15, 0.2) is 35.7 Å². The van der Waals surface area contributed by atoms with Gasteiger partial charge in [0.05, 0.1) is 18.7 Å². The zero-order valence-electron chi connectivity index (χ0n) is 14.7. The zero-order valence-corrected chi connectivity index (χ0v) is 15.5. The molecule has 0 saturated heterocycles. The minimum absolute atomic E-state index is 0.0281. The fourth-order valence-corrected chi connectivity index (χ4v) is 4.05. The molecule has 3 rings (SSSR count). The molecule has 0 bridgehead atoms. The van der Waals surface area contributed by atoms with E-state index >= 15 is 0 Å². The fraction of sp³-hybridized carbons (Fsp3) is 0.421. The van der Waals surface area contributed by atoms with E-state index in [1.54, 1.807) is 11.3 Å². The Kier molecular flexibility index (Phi) is 6.00. The van der Waals surface area contributed by atoms with Crippen molar-refractivity contribution in [2.75, 3.05) is 13.1 Å². The van der Waals surface area contributed by atoms with Crippen LogP contribution in [0.5, 0.6) is 0 Å². The first-order valence-electron chi connectivity index (χ1n) is 8.80. The molecule has 0 radical (unpaired) electrons. The number of carboxylic acid groups (broad SMARTS) is 1. The van der Waals surface area contributed by atoms with Crippen LogP contribution in [0.25, 0.3) is 10.6 Å². The molecule has 2 aromatic rings. The molecule has 138 valence electrons. The summed E-state index contributed by atoms with van der Waals surface area (Å²) in [5, 5.41) is 14.8. The van der Waals surface area contributed by atoms with E-state index in [-0.39, 0.29) is 31.0 Å². The molecule has 0 spiro atoms. The second kappa shape index (κ2) is 8.42. The third-order valence-corrected chi connectivity index (χ3v) is 5.59. The van der Waals surface area contributed by atoms with Crippen molar-refractivity contribution in [3.8, 4) is 10.6 Å². The quantitative estimate of drug-likeness (QED) is 0.742. The summed E-state index contributed by atoms with van der Waals surface area (Å²) in [5.41, 5.74) is 1.84. The lowest BCUT2D eigenvalue weighted by Crippen LogP contribution is -2.55. The van der Waals surface area contributed by atoms with Gasteiger partial charge in [-0.15, -0.1) is 11.3 Å². The van der Waals surface area contributed by atoms with Crippen molar-refractivity contribution in [1.82, 2.24) is 15.2 Å². The first-order chi connectivity index (χ1) is 12.5. The average molecular weight is 373 g/mol. The van der Waals surface area contributed by atoms with Gasteiger partial charge in [-0.3, -0.25) is 14.5 Å². The molecule has 6 nitrogen and oxygen atoms in total. The molecule has 1 aliphatic carbocycles. The summed E-state index contributed by atoms with van der Waals surface area (Å²) in [6, 6.07) is 10.3. The van der Waals surface area contributed by atoms with Crippen LogP contribution in [0, 0.1) is 0 Å². The lowest BCUT2D eigenvalue weighted by Gasteiger charge is -2.42. The first kappa shape index (κ1) is 18.5. The molecule has 7 heteroatoms. The van der Waals surface area contributed by atoms with Crippen LogP contribution in [0.3, 0.4) is 0 Å². The van der Waals surface area contributed by atoms with Crippen molar-refractivity contribution in [2.45, 2.75) is 38.3 Å². The van der Waals surface area contributed by atoms with E-state index in [1.165, 1.54) is 0 Å². The Bertz CT molecular complexity index is 756. The number of benzene rings is 1. The third-order valence-electron chi connectivity index (χ3n) is 4.65. The number of aliphatic carboxylic acids is 1. The van der Waals surface area contributed by atoms with Gasteiger partial charge in [-0.05, 0) is 19.4 Å². The molecular weight excluding hydrogens is 350 g/mol. The highest BCUT2D eigenvalue weighted by Gasteiger charge is 2.34. The van der Waals surface area contributed by atoms with Crippen LogP contribution < -0.4 is 5.32 Å². The summed E-state index contributed by atoms with van der Waals surface area (Å²) in [6.07, 6.45) is 1.88. The molecule has 0 unspecified atom stereocenters. The largest absolute Gasteiger partial charge is 0.480 e. The summed E-state index contributed by atoms with van der Waals surface area (Å²) in [5.74, 6) is -0.836. The van der Waals surface area contributed by atoms with Crippen molar-refractivity contribution in [3.63, 3.8) is 0 Å². The lowest BCUT2D eigenvalue weighted by molar-refractivity contribution is -0.139. The van der Waals surface area contributed by atoms with Crippen molar-refractivity contribution in [2.24, 2.45) is 0 Å². The van der Waals surface area contributed by atoms with Gasteiger partial charge in [-0.25, -0.2) is 4.98 Å². The van der Waals surface area contributed by atoms with Crippen LogP contribution in [-0.2, 0) is 16.0 Å². The van der Waals surface area contributed by atoms with Gasteiger partial charge in [-0.1, -0.05) is 37.3 Å². The van der Waals surface area contributed by atoms with Crippen LogP contribution in [0.4, 0.5) is 0 Å². The fourth-order valence-electron chi connectivity index (χ4n) is 3.22. The van der Waals surface area contributed by atoms with E-state index < -0.39 is 5.97 Å². The number of rotatable bonds is 8. The summed E-state index contributed by atoms with van der Waals surface area (Å²) < 4.78 is 0. The SMILES string of the molecule is CCN(CC(=O)O)C1CC(NC(=O)Cc2csc(-c3ccccc3)n2)C1. The molecule has 1 aromatic carbocycles. The van der Waals surface area contributed by atoms with Gasteiger partial charge >= 0.3 is 5.97 Å². The number of nitrogens with one attached hydrogen (secondary N) is 1. The number of aromatic nitrogens is 1. The molecule has 0 aliphatic heterocycles. The number of carbonyl (C=O) groups excluding carboxylic acids is 1. The monoisotopic (exact) mass is 373 g/mol. The predicted molar refractivity (Wildman–Crippen MR) is 101 cm³/mol. The van der Waals surface area contributed by atoms with Crippen molar-refractivity contribution >= 4 is 23.2 Å². The molecule has 1 saturated carbocycles. The van der Waals surface area contributed by atoms with Gasteiger partial charge in [0.1, 0.15) is 5.01 Å². The molecule has 1 aromatic heterocycles. The molecule has 1 heterocycles. The second-order valence-corrected chi connectivity index (χ2v) is 7.39. The predicted octanol–water partition coefficient (Wildman–Crippen LogP) is 2.41. The minimum atomic E-state index is -0.808. The van der Waals surface area contributed by atoms with Gasteiger partial charge in [0, 0.05) is 23.0 Å². The highest BCUT2D eigenvalue weighted by molar-refractivity contribution is 7.13.